The van der Waals surface area contributed by atoms with Gasteiger partial charge in [-0.15, -0.1) is 0 Å². The molecule has 2 aliphatic rings. The van der Waals surface area contributed by atoms with E-state index in [1.165, 1.54) is 6.20 Å². The number of carbonyl (C=O) groups is 2. The second-order valence-corrected chi connectivity index (χ2v) is 8.93. The van der Waals surface area contributed by atoms with E-state index in [0.29, 0.717) is 17.4 Å². The summed E-state index contributed by atoms with van der Waals surface area (Å²) < 4.78 is 5.40. The van der Waals surface area contributed by atoms with E-state index < -0.39 is 0 Å². The average molecular weight is 472 g/mol. The highest BCUT2D eigenvalue weighted by Crippen LogP contribution is 2.22. The van der Waals surface area contributed by atoms with Gasteiger partial charge >= 0.3 is 0 Å². The third-order valence-electron chi connectivity index (χ3n) is 6.24. The van der Waals surface area contributed by atoms with Crippen LogP contribution in [0.25, 0.3) is 0 Å². The first-order valence-corrected chi connectivity index (χ1v) is 11.8. The molecule has 2 amide bonds. The molecule has 9 heteroatoms. The Kier molecular flexibility index (Phi) is 7.80. The van der Waals surface area contributed by atoms with Crippen molar-refractivity contribution in [3.63, 3.8) is 0 Å². The van der Waals surface area contributed by atoms with Gasteiger partial charge in [0, 0.05) is 37.2 Å². The number of ether oxygens (including phenoxy) is 1. The summed E-state index contributed by atoms with van der Waals surface area (Å²) in [4.78, 5) is 34.1. The Morgan fingerprint density at radius 2 is 1.85 bits per heavy atom. The van der Waals surface area contributed by atoms with Crippen LogP contribution >= 0.6 is 11.6 Å². The molecule has 2 saturated heterocycles. The second kappa shape index (κ2) is 11.0. The molecule has 0 radical (unpaired) electrons. The van der Waals surface area contributed by atoms with Crippen LogP contribution in [0.15, 0.2) is 42.6 Å². The monoisotopic (exact) mass is 471 g/mol. The van der Waals surface area contributed by atoms with Gasteiger partial charge in [0.1, 0.15) is 5.82 Å². The van der Waals surface area contributed by atoms with Crippen LogP contribution in [-0.2, 0) is 14.3 Å². The summed E-state index contributed by atoms with van der Waals surface area (Å²) in [6, 6.07) is 10.9. The molecule has 0 spiro atoms. The molecule has 0 aliphatic carbocycles. The molecule has 2 N–H and O–H groups in total. The molecule has 0 bridgehead atoms. The Hall–Kier alpha value is -2.68. The number of nitrogens with zero attached hydrogens (tertiary/aromatic N) is 3. The molecule has 0 unspecified atom stereocenters. The van der Waals surface area contributed by atoms with Crippen LogP contribution in [0.1, 0.15) is 19.8 Å². The second-order valence-electron chi connectivity index (χ2n) is 8.50. The van der Waals surface area contributed by atoms with Gasteiger partial charge in [-0.3, -0.25) is 14.5 Å². The van der Waals surface area contributed by atoms with Crippen molar-refractivity contribution in [2.45, 2.75) is 25.8 Å². The van der Waals surface area contributed by atoms with Gasteiger partial charge in [-0.1, -0.05) is 11.6 Å². The smallest absolute Gasteiger partial charge is 0.241 e. The number of hydrogen-bond acceptors (Lipinski definition) is 6. The van der Waals surface area contributed by atoms with Crippen molar-refractivity contribution in [1.82, 2.24) is 9.88 Å². The predicted octanol–water partition coefficient (Wildman–Crippen LogP) is 3.25. The number of amides is 2. The van der Waals surface area contributed by atoms with Crippen molar-refractivity contribution in [3.05, 3.63) is 47.6 Å². The molecule has 8 nitrogen and oxygen atoms in total. The normalized spacial score (nSPS) is 20.2. The molecule has 0 saturated carbocycles. The quantitative estimate of drug-likeness (QED) is 0.672. The van der Waals surface area contributed by atoms with E-state index in [1.807, 2.05) is 31.2 Å². The number of anilines is 3. The lowest BCUT2D eigenvalue weighted by molar-refractivity contribution is -0.125. The molecule has 33 heavy (non-hydrogen) atoms. The number of nitrogens with one attached hydrogen (secondary N) is 2. The van der Waals surface area contributed by atoms with Gasteiger partial charge in [-0.05, 0) is 62.7 Å². The van der Waals surface area contributed by atoms with Crippen molar-refractivity contribution < 1.29 is 14.3 Å². The third-order valence-corrected chi connectivity index (χ3v) is 6.46. The molecular formula is C24H30ClN5O3. The van der Waals surface area contributed by atoms with E-state index in [1.54, 1.807) is 12.1 Å². The Labute approximate surface area is 199 Å². The minimum absolute atomic E-state index is 0.0745. The van der Waals surface area contributed by atoms with Gasteiger partial charge in [0.2, 0.25) is 11.8 Å². The lowest BCUT2D eigenvalue weighted by Gasteiger charge is -2.35. The van der Waals surface area contributed by atoms with Gasteiger partial charge < -0.3 is 20.3 Å². The molecular weight excluding hydrogens is 442 g/mol. The van der Waals surface area contributed by atoms with Crippen LogP contribution in [0.5, 0.6) is 0 Å². The van der Waals surface area contributed by atoms with Crippen molar-refractivity contribution in [3.8, 4) is 0 Å². The zero-order valence-corrected chi connectivity index (χ0v) is 19.6. The molecule has 2 fully saturated rings. The first kappa shape index (κ1) is 23.5. The molecule has 176 valence electrons. The highest BCUT2D eigenvalue weighted by atomic mass is 35.5. The van der Waals surface area contributed by atoms with Crippen LogP contribution in [0, 0.1) is 5.92 Å². The summed E-state index contributed by atoms with van der Waals surface area (Å²) >= 11 is 5.86. The van der Waals surface area contributed by atoms with Crippen LogP contribution in [0.2, 0.25) is 5.02 Å². The topological polar surface area (TPSA) is 86.8 Å². The van der Waals surface area contributed by atoms with Crippen LogP contribution < -0.4 is 15.5 Å². The summed E-state index contributed by atoms with van der Waals surface area (Å²) in [5, 5.41) is 6.38. The number of likely N-dealkylation sites (tertiary alicyclic amines) is 1. The molecule has 1 aromatic heterocycles. The number of hydrogen-bond donors (Lipinski definition) is 2. The maximum atomic E-state index is 12.9. The largest absolute Gasteiger partial charge is 0.378 e. The Bertz CT molecular complexity index is 948. The zero-order valence-electron chi connectivity index (χ0n) is 18.8. The fraction of sp³-hybridized carbons (Fsp3) is 0.458. The third kappa shape index (κ3) is 6.22. The maximum absolute atomic E-state index is 12.9. The SMILES string of the molecule is C[C@H](C(=O)Nc1ccc(N2CCOCC2)cc1)N1CCC[C@H](C(=O)Nc2ccc(Cl)cn2)C1. The van der Waals surface area contributed by atoms with E-state index in [2.05, 4.69) is 25.4 Å². The standard InChI is InChI=1S/C24H30ClN5O3/c1-17(23(31)27-20-5-7-21(8-6-20)29-11-13-33-14-12-29)30-10-2-3-18(16-30)24(32)28-22-9-4-19(25)15-26-22/h4-9,15,17-18H,2-3,10-14,16H2,1H3,(H,27,31)(H,26,28,32)/t17-,18+/m1/s1. The van der Waals surface area contributed by atoms with Gasteiger partial charge in [-0.2, -0.15) is 0 Å². The van der Waals surface area contributed by atoms with Crippen LogP contribution in [0.3, 0.4) is 0 Å². The molecule has 4 rings (SSSR count). The number of aromatic nitrogens is 1. The van der Waals surface area contributed by atoms with Crippen molar-refractivity contribution in [2.24, 2.45) is 5.92 Å². The fourth-order valence-electron chi connectivity index (χ4n) is 4.24. The Balaban J connectivity index is 1.30. The van der Waals surface area contributed by atoms with Crippen LogP contribution in [0.4, 0.5) is 17.2 Å². The number of rotatable bonds is 6. The average Bonchev–Trinajstić information content (AvgIpc) is 2.86. The summed E-state index contributed by atoms with van der Waals surface area (Å²) in [5.74, 6) is 0.127. The van der Waals surface area contributed by atoms with E-state index in [-0.39, 0.29) is 23.8 Å². The minimum atomic E-state index is -0.340. The van der Waals surface area contributed by atoms with Gasteiger partial charge in [0.05, 0.1) is 30.2 Å². The molecule has 2 aliphatic heterocycles. The van der Waals surface area contributed by atoms with E-state index in [9.17, 15) is 9.59 Å². The van der Waals surface area contributed by atoms with Crippen molar-refractivity contribution in [2.75, 3.05) is 54.9 Å². The number of piperidine rings is 1. The fourth-order valence-corrected chi connectivity index (χ4v) is 4.35. The number of carbonyl (C=O) groups excluding carboxylic acids is 2. The summed E-state index contributed by atoms with van der Waals surface area (Å²) in [5.41, 5.74) is 1.90. The summed E-state index contributed by atoms with van der Waals surface area (Å²) in [6.45, 7) is 6.43. The zero-order chi connectivity index (χ0) is 23.2. The Morgan fingerprint density at radius 3 is 2.55 bits per heavy atom. The molecule has 2 aromatic rings. The van der Waals surface area contributed by atoms with Crippen LogP contribution in [-0.4, -0.2) is 67.1 Å². The highest BCUT2D eigenvalue weighted by molar-refractivity contribution is 6.30. The first-order valence-electron chi connectivity index (χ1n) is 11.4. The number of benzene rings is 1. The van der Waals surface area contributed by atoms with E-state index >= 15 is 0 Å². The maximum Gasteiger partial charge on any atom is 0.241 e. The Morgan fingerprint density at radius 1 is 1.09 bits per heavy atom. The number of morpholine rings is 1. The molecule has 1 aromatic carbocycles. The van der Waals surface area contributed by atoms with E-state index in [0.717, 1.165) is 57.1 Å². The number of pyridine rings is 1. The summed E-state index contributed by atoms with van der Waals surface area (Å²) in [7, 11) is 0. The van der Waals surface area contributed by atoms with Gasteiger partial charge in [0.25, 0.3) is 0 Å². The van der Waals surface area contributed by atoms with Gasteiger partial charge in [-0.25, -0.2) is 4.98 Å². The van der Waals surface area contributed by atoms with Crippen molar-refractivity contribution in [1.29, 1.82) is 0 Å². The lowest BCUT2D eigenvalue weighted by Crippen LogP contribution is -2.49. The highest BCUT2D eigenvalue weighted by Gasteiger charge is 2.31. The summed E-state index contributed by atoms with van der Waals surface area (Å²) in [6.07, 6.45) is 3.15. The lowest BCUT2D eigenvalue weighted by atomic mass is 9.96. The van der Waals surface area contributed by atoms with Crippen molar-refractivity contribution >= 4 is 40.6 Å². The minimum Gasteiger partial charge on any atom is -0.378 e. The molecule has 2 atom stereocenters. The molecule has 3 heterocycles. The first-order chi connectivity index (χ1) is 16.0. The van der Waals surface area contributed by atoms with Gasteiger partial charge in [0.15, 0.2) is 0 Å². The van der Waals surface area contributed by atoms with E-state index in [4.69, 9.17) is 16.3 Å². The predicted molar refractivity (Wildman–Crippen MR) is 130 cm³/mol. The number of halogens is 1.